The zero-order valence-corrected chi connectivity index (χ0v) is 11.8. The van der Waals surface area contributed by atoms with Gasteiger partial charge in [0.15, 0.2) is 0 Å². The molecule has 17 heavy (non-hydrogen) atoms. The summed E-state index contributed by atoms with van der Waals surface area (Å²) in [5.41, 5.74) is 7.84. The number of rotatable bonds is 5. The third-order valence-corrected chi connectivity index (χ3v) is 3.12. The smallest absolute Gasteiger partial charge is 0.221 e. The standard InChI is InChI=1S/C12H18BrN3O/c1-15-12(17)5-6-16(2)11-7-10(13)4-3-9(11)8-14/h3-4,7H,5-6,8,14H2,1-2H3,(H,15,17). The lowest BCUT2D eigenvalue weighted by Crippen LogP contribution is -2.27. The van der Waals surface area contributed by atoms with Gasteiger partial charge in [-0.2, -0.15) is 0 Å². The van der Waals surface area contributed by atoms with Gasteiger partial charge >= 0.3 is 0 Å². The van der Waals surface area contributed by atoms with Gasteiger partial charge in [-0.25, -0.2) is 0 Å². The van der Waals surface area contributed by atoms with Crippen molar-refractivity contribution in [2.75, 3.05) is 25.5 Å². The van der Waals surface area contributed by atoms with Gasteiger partial charge in [-0.05, 0) is 17.7 Å². The second-order valence-corrected chi connectivity index (χ2v) is 4.74. The topological polar surface area (TPSA) is 58.4 Å². The normalized spacial score (nSPS) is 10.1. The molecule has 4 nitrogen and oxygen atoms in total. The van der Waals surface area contributed by atoms with Crippen LogP contribution < -0.4 is 16.0 Å². The average Bonchev–Trinajstić information content (AvgIpc) is 2.35. The van der Waals surface area contributed by atoms with Gasteiger partial charge < -0.3 is 16.0 Å². The number of hydrogen-bond donors (Lipinski definition) is 2. The number of nitrogens with two attached hydrogens (primary N) is 1. The molecule has 1 amide bonds. The van der Waals surface area contributed by atoms with E-state index in [1.807, 2.05) is 30.1 Å². The molecule has 3 N–H and O–H groups in total. The van der Waals surface area contributed by atoms with Crippen molar-refractivity contribution in [1.82, 2.24) is 5.32 Å². The predicted molar refractivity (Wildman–Crippen MR) is 74.0 cm³/mol. The Balaban J connectivity index is 2.76. The summed E-state index contributed by atoms with van der Waals surface area (Å²) in [5.74, 6) is 0.0427. The number of hydrogen-bond acceptors (Lipinski definition) is 3. The molecular weight excluding hydrogens is 282 g/mol. The highest BCUT2D eigenvalue weighted by molar-refractivity contribution is 9.10. The summed E-state index contributed by atoms with van der Waals surface area (Å²) >= 11 is 3.44. The zero-order valence-electron chi connectivity index (χ0n) is 10.2. The molecule has 0 radical (unpaired) electrons. The molecule has 0 saturated carbocycles. The molecule has 1 rings (SSSR count). The van der Waals surface area contributed by atoms with E-state index in [0.29, 0.717) is 19.5 Å². The van der Waals surface area contributed by atoms with Gasteiger partial charge in [0, 0.05) is 43.8 Å². The van der Waals surface area contributed by atoms with Crippen LogP contribution in [0.15, 0.2) is 22.7 Å². The number of halogens is 1. The number of nitrogens with zero attached hydrogens (tertiary/aromatic N) is 1. The summed E-state index contributed by atoms with van der Waals surface area (Å²) in [7, 11) is 3.61. The van der Waals surface area contributed by atoms with Crippen molar-refractivity contribution in [2.24, 2.45) is 5.73 Å². The third-order valence-electron chi connectivity index (χ3n) is 2.63. The van der Waals surface area contributed by atoms with Crippen LogP contribution in [0.2, 0.25) is 0 Å². The second kappa shape index (κ2) is 6.61. The fourth-order valence-corrected chi connectivity index (χ4v) is 1.93. The first-order valence-electron chi connectivity index (χ1n) is 5.48. The van der Waals surface area contributed by atoms with Gasteiger partial charge in [-0.3, -0.25) is 4.79 Å². The summed E-state index contributed by atoms with van der Waals surface area (Å²) in [6.45, 7) is 1.16. The Labute approximate surface area is 110 Å². The van der Waals surface area contributed by atoms with Gasteiger partial charge in [0.2, 0.25) is 5.91 Å². The molecule has 1 aromatic carbocycles. The van der Waals surface area contributed by atoms with Gasteiger partial charge in [0.25, 0.3) is 0 Å². The van der Waals surface area contributed by atoms with E-state index in [1.54, 1.807) is 7.05 Å². The van der Waals surface area contributed by atoms with Crippen LogP contribution in [0, 0.1) is 0 Å². The molecule has 94 valence electrons. The lowest BCUT2D eigenvalue weighted by molar-refractivity contribution is -0.120. The lowest BCUT2D eigenvalue weighted by Gasteiger charge is -2.22. The number of anilines is 1. The van der Waals surface area contributed by atoms with Crippen LogP contribution >= 0.6 is 15.9 Å². The van der Waals surface area contributed by atoms with Crippen LogP contribution in [-0.2, 0) is 11.3 Å². The SMILES string of the molecule is CNC(=O)CCN(C)c1cc(Br)ccc1CN. The van der Waals surface area contributed by atoms with Crippen LogP contribution in [0.4, 0.5) is 5.69 Å². The van der Waals surface area contributed by atoms with Crippen molar-refractivity contribution >= 4 is 27.5 Å². The molecule has 0 bridgehead atoms. The minimum absolute atomic E-state index is 0.0427. The fraction of sp³-hybridized carbons (Fsp3) is 0.417. The van der Waals surface area contributed by atoms with Gasteiger partial charge in [0.1, 0.15) is 0 Å². The Morgan fingerprint density at radius 2 is 2.24 bits per heavy atom. The summed E-state index contributed by atoms with van der Waals surface area (Å²) in [4.78, 5) is 13.2. The fourth-order valence-electron chi connectivity index (χ4n) is 1.58. The molecule has 0 unspecified atom stereocenters. The van der Waals surface area contributed by atoms with E-state index in [2.05, 4.69) is 21.2 Å². The van der Waals surface area contributed by atoms with Gasteiger partial charge in [-0.15, -0.1) is 0 Å². The van der Waals surface area contributed by atoms with Crippen LogP contribution in [0.3, 0.4) is 0 Å². The summed E-state index contributed by atoms with van der Waals surface area (Å²) < 4.78 is 1.01. The van der Waals surface area contributed by atoms with Crippen LogP contribution in [-0.4, -0.2) is 26.5 Å². The molecule has 0 aliphatic heterocycles. The van der Waals surface area contributed by atoms with Gasteiger partial charge in [-0.1, -0.05) is 22.0 Å². The maximum Gasteiger partial charge on any atom is 0.221 e. The molecule has 0 atom stereocenters. The Hall–Kier alpha value is -1.07. The van der Waals surface area contributed by atoms with E-state index in [4.69, 9.17) is 5.73 Å². The molecule has 5 heteroatoms. The Morgan fingerprint density at radius 3 is 2.82 bits per heavy atom. The van der Waals surface area contributed by atoms with Crippen molar-refractivity contribution in [3.05, 3.63) is 28.2 Å². The first-order valence-corrected chi connectivity index (χ1v) is 6.28. The summed E-state index contributed by atoms with van der Waals surface area (Å²) in [6, 6.07) is 5.99. The lowest BCUT2D eigenvalue weighted by atomic mass is 10.1. The maximum absolute atomic E-state index is 11.2. The summed E-state index contributed by atoms with van der Waals surface area (Å²) in [5, 5.41) is 2.61. The minimum atomic E-state index is 0.0427. The van der Waals surface area contributed by atoms with E-state index < -0.39 is 0 Å². The van der Waals surface area contributed by atoms with Crippen LogP contribution in [0.1, 0.15) is 12.0 Å². The Morgan fingerprint density at radius 1 is 1.53 bits per heavy atom. The van der Waals surface area contributed by atoms with Crippen LogP contribution in [0.5, 0.6) is 0 Å². The van der Waals surface area contributed by atoms with Crippen LogP contribution in [0.25, 0.3) is 0 Å². The minimum Gasteiger partial charge on any atom is -0.374 e. The molecule has 1 aromatic rings. The van der Waals surface area contributed by atoms with Crippen molar-refractivity contribution in [3.63, 3.8) is 0 Å². The first kappa shape index (κ1) is 14.0. The van der Waals surface area contributed by atoms with E-state index in [9.17, 15) is 4.79 Å². The van der Waals surface area contributed by atoms with E-state index in [1.165, 1.54) is 0 Å². The number of amides is 1. The molecule has 0 aliphatic rings. The largest absolute Gasteiger partial charge is 0.374 e. The number of benzene rings is 1. The second-order valence-electron chi connectivity index (χ2n) is 3.82. The molecular formula is C12H18BrN3O. The Bertz CT molecular complexity index is 395. The van der Waals surface area contributed by atoms with E-state index in [-0.39, 0.29) is 5.91 Å². The molecule has 0 fully saturated rings. The quantitative estimate of drug-likeness (QED) is 0.866. The Kier molecular flexibility index (Phi) is 5.44. The first-order chi connectivity index (χ1) is 8.08. The molecule has 0 heterocycles. The highest BCUT2D eigenvalue weighted by Gasteiger charge is 2.08. The molecule has 0 aliphatic carbocycles. The average molecular weight is 300 g/mol. The third kappa shape index (κ3) is 4.02. The number of carbonyl (C=O) groups is 1. The molecule has 0 spiro atoms. The zero-order chi connectivity index (χ0) is 12.8. The van der Waals surface area contributed by atoms with Crippen molar-refractivity contribution < 1.29 is 4.79 Å². The maximum atomic E-state index is 11.2. The monoisotopic (exact) mass is 299 g/mol. The number of carbonyl (C=O) groups excluding carboxylic acids is 1. The van der Waals surface area contributed by atoms with Gasteiger partial charge in [0.05, 0.1) is 0 Å². The van der Waals surface area contributed by atoms with E-state index in [0.717, 1.165) is 15.7 Å². The van der Waals surface area contributed by atoms with Crippen molar-refractivity contribution in [3.8, 4) is 0 Å². The predicted octanol–water partition coefficient (Wildman–Crippen LogP) is 1.48. The van der Waals surface area contributed by atoms with E-state index >= 15 is 0 Å². The molecule has 0 aromatic heterocycles. The highest BCUT2D eigenvalue weighted by atomic mass is 79.9. The summed E-state index contributed by atoms with van der Waals surface area (Å²) in [6.07, 6.45) is 0.476. The number of nitrogens with one attached hydrogen (secondary N) is 1. The van der Waals surface area contributed by atoms with Crippen molar-refractivity contribution in [2.45, 2.75) is 13.0 Å². The molecule has 0 saturated heterocycles. The van der Waals surface area contributed by atoms with Crippen molar-refractivity contribution in [1.29, 1.82) is 0 Å². The highest BCUT2D eigenvalue weighted by Crippen LogP contribution is 2.24.